The van der Waals surface area contributed by atoms with Gasteiger partial charge >= 0.3 is 12.4 Å². The third-order valence-corrected chi connectivity index (χ3v) is 4.60. The number of nitrogens with one attached hydrogen (secondary N) is 1. The lowest BCUT2D eigenvalue weighted by Gasteiger charge is -2.39. The molecule has 1 heterocycles. The third-order valence-electron chi connectivity index (χ3n) is 4.60. The lowest BCUT2D eigenvalue weighted by atomic mass is 10.2. The summed E-state index contributed by atoms with van der Waals surface area (Å²) >= 11 is 0. The summed E-state index contributed by atoms with van der Waals surface area (Å²) in [5, 5.41) is 3.09. The first kappa shape index (κ1) is 26.6. The molecule has 1 unspecified atom stereocenters. The Kier molecular flexibility index (Phi) is 9.98. The number of piperazine rings is 1. The molecule has 1 saturated heterocycles. The second kappa shape index (κ2) is 11.3. The quantitative estimate of drug-likeness (QED) is 0.260. The van der Waals surface area contributed by atoms with E-state index in [2.05, 4.69) is 10.3 Å². The van der Waals surface area contributed by atoms with Crippen molar-refractivity contribution < 1.29 is 31.1 Å². The fourth-order valence-electron chi connectivity index (χ4n) is 2.95. The molecular formula is C18H25F6IN4O. The molecule has 1 aliphatic rings. The van der Waals surface area contributed by atoms with Crippen molar-refractivity contribution in [3.05, 3.63) is 29.8 Å². The summed E-state index contributed by atoms with van der Waals surface area (Å²) in [6, 6.07) is 4.74. The number of rotatable bonds is 5. The zero-order valence-corrected chi connectivity index (χ0v) is 18.9. The van der Waals surface area contributed by atoms with Crippen LogP contribution < -0.4 is 10.1 Å². The highest BCUT2D eigenvalue weighted by molar-refractivity contribution is 14.0. The van der Waals surface area contributed by atoms with Crippen LogP contribution in [0.15, 0.2) is 29.3 Å². The second-order valence-electron chi connectivity index (χ2n) is 6.69. The average molecular weight is 554 g/mol. The van der Waals surface area contributed by atoms with Gasteiger partial charge in [0.25, 0.3) is 0 Å². The Morgan fingerprint density at radius 1 is 1.13 bits per heavy atom. The van der Waals surface area contributed by atoms with Gasteiger partial charge in [0.15, 0.2) is 12.6 Å². The van der Waals surface area contributed by atoms with E-state index in [1.807, 2.05) is 4.90 Å². The van der Waals surface area contributed by atoms with E-state index in [1.165, 1.54) is 17.0 Å². The molecule has 5 nitrogen and oxygen atoms in total. The van der Waals surface area contributed by atoms with Crippen molar-refractivity contribution in [3.63, 3.8) is 0 Å². The Bertz CT molecular complexity index is 690. The van der Waals surface area contributed by atoms with E-state index in [1.54, 1.807) is 19.2 Å². The summed E-state index contributed by atoms with van der Waals surface area (Å²) < 4.78 is 80.1. The van der Waals surface area contributed by atoms with Crippen molar-refractivity contribution in [1.29, 1.82) is 0 Å². The van der Waals surface area contributed by atoms with E-state index in [4.69, 9.17) is 4.74 Å². The van der Waals surface area contributed by atoms with Crippen LogP contribution in [-0.4, -0.2) is 74.0 Å². The number of alkyl halides is 6. The Morgan fingerprint density at radius 2 is 1.77 bits per heavy atom. The van der Waals surface area contributed by atoms with Crippen molar-refractivity contribution in [1.82, 2.24) is 15.1 Å². The molecule has 1 N–H and O–H groups in total. The minimum atomic E-state index is -4.41. The third kappa shape index (κ3) is 8.36. The van der Waals surface area contributed by atoms with Crippen LogP contribution in [0.1, 0.15) is 12.5 Å². The van der Waals surface area contributed by atoms with E-state index >= 15 is 0 Å². The number of hydrogen-bond donors (Lipinski definition) is 1. The molecule has 0 bridgehead atoms. The molecule has 1 aromatic carbocycles. The number of aliphatic imine (C=N–C) groups is 1. The van der Waals surface area contributed by atoms with Gasteiger partial charge in [-0.1, -0.05) is 12.1 Å². The molecule has 0 radical (unpaired) electrons. The number of ether oxygens (including phenoxy) is 1. The van der Waals surface area contributed by atoms with Crippen LogP contribution in [0.4, 0.5) is 26.3 Å². The molecule has 0 aliphatic carbocycles. The molecule has 30 heavy (non-hydrogen) atoms. The Morgan fingerprint density at radius 3 is 2.30 bits per heavy atom. The van der Waals surface area contributed by atoms with Crippen LogP contribution in [-0.2, 0) is 6.54 Å². The molecule has 0 saturated carbocycles. The maximum atomic E-state index is 12.9. The fourth-order valence-corrected chi connectivity index (χ4v) is 2.95. The maximum Gasteiger partial charge on any atom is 0.422 e. The monoisotopic (exact) mass is 554 g/mol. The molecule has 0 spiro atoms. The number of hydrogen-bond acceptors (Lipinski definition) is 3. The van der Waals surface area contributed by atoms with E-state index in [0.717, 1.165) is 6.92 Å². The van der Waals surface area contributed by atoms with Crippen LogP contribution in [0.2, 0.25) is 0 Å². The van der Waals surface area contributed by atoms with Gasteiger partial charge in [-0.15, -0.1) is 24.0 Å². The predicted octanol–water partition coefficient (Wildman–Crippen LogP) is 3.89. The minimum absolute atomic E-state index is 0. The molecule has 0 aromatic heterocycles. The number of guanidine groups is 1. The molecule has 0 amide bonds. The van der Waals surface area contributed by atoms with Gasteiger partial charge in [0.2, 0.25) is 0 Å². The standard InChI is InChI=1S/C18H24F6N4O.HI/c1-13(18(22,23)24)27-6-8-28(9-7-27)16(25-2)26-11-14-4-3-5-15(10-14)29-12-17(19,20)21;/h3-5,10,13H,6-9,11-12H2,1-2H3,(H,25,26);1H. The van der Waals surface area contributed by atoms with Gasteiger partial charge in [0.1, 0.15) is 11.8 Å². The molecule has 12 heteroatoms. The fraction of sp³-hybridized carbons (Fsp3) is 0.611. The average Bonchev–Trinajstić information content (AvgIpc) is 2.66. The van der Waals surface area contributed by atoms with E-state index in [0.29, 0.717) is 24.6 Å². The smallest absolute Gasteiger partial charge is 0.422 e. The van der Waals surface area contributed by atoms with E-state index in [9.17, 15) is 26.3 Å². The highest BCUT2D eigenvalue weighted by Crippen LogP contribution is 2.25. The van der Waals surface area contributed by atoms with Crippen molar-refractivity contribution >= 4 is 29.9 Å². The van der Waals surface area contributed by atoms with Crippen LogP contribution in [0.3, 0.4) is 0 Å². The van der Waals surface area contributed by atoms with Gasteiger partial charge in [-0.25, -0.2) is 0 Å². The summed E-state index contributed by atoms with van der Waals surface area (Å²) in [6.45, 7) is 1.34. The number of nitrogens with zero attached hydrogens (tertiary/aromatic N) is 3. The van der Waals surface area contributed by atoms with Crippen molar-refractivity contribution in [2.24, 2.45) is 4.99 Å². The second-order valence-corrected chi connectivity index (χ2v) is 6.69. The van der Waals surface area contributed by atoms with Crippen molar-refractivity contribution in [2.75, 3.05) is 39.8 Å². The Labute approximate surface area is 188 Å². The lowest BCUT2D eigenvalue weighted by molar-refractivity contribution is -0.181. The molecule has 1 fully saturated rings. The molecule has 172 valence electrons. The first-order valence-electron chi connectivity index (χ1n) is 9.04. The lowest BCUT2D eigenvalue weighted by Crippen LogP contribution is -2.56. The van der Waals surface area contributed by atoms with Gasteiger partial charge in [0, 0.05) is 39.8 Å². The van der Waals surface area contributed by atoms with E-state index in [-0.39, 0.29) is 49.4 Å². The van der Waals surface area contributed by atoms with Crippen molar-refractivity contribution in [3.8, 4) is 5.75 Å². The van der Waals surface area contributed by atoms with Crippen LogP contribution in [0.25, 0.3) is 0 Å². The van der Waals surface area contributed by atoms with Crippen LogP contribution >= 0.6 is 24.0 Å². The molecular weight excluding hydrogens is 529 g/mol. The maximum absolute atomic E-state index is 12.9. The Balaban J connectivity index is 0.00000450. The summed E-state index contributed by atoms with van der Waals surface area (Å²) in [6.07, 6.45) is -8.68. The first-order chi connectivity index (χ1) is 13.5. The number of benzene rings is 1. The van der Waals surface area contributed by atoms with Crippen molar-refractivity contribution in [2.45, 2.75) is 31.9 Å². The predicted molar refractivity (Wildman–Crippen MR) is 112 cm³/mol. The molecule has 1 aliphatic heterocycles. The number of halogens is 7. The largest absolute Gasteiger partial charge is 0.484 e. The van der Waals surface area contributed by atoms with Crippen LogP contribution in [0.5, 0.6) is 5.75 Å². The molecule has 1 atom stereocenters. The van der Waals surface area contributed by atoms with Gasteiger partial charge in [0.05, 0.1) is 0 Å². The van der Waals surface area contributed by atoms with Gasteiger partial charge in [-0.2, -0.15) is 26.3 Å². The topological polar surface area (TPSA) is 40.1 Å². The van der Waals surface area contributed by atoms with Gasteiger partial charge in [-0.3, -0.25) is 9.89 Å². The van der Waals surface area contributed by atoms with Gasteiger partial charge in [-0.05, 0) is 24.6 Å². The zero-order valence-electron chi connectivity index (χ0n) is 16.6. The zero-order chi connectivity index (χ0) is 21.7. The SMILES string of the molecule is CN=C(NCc1cccc(OCC(F)(F)F)c1)N1CCN(C(C)C(F)(F)F)CC1.I. The van der Waals surface area contributed by atoms with E-state index < -0.39 is 25.0 Å². The van der Waals surface area contributed by atoms with Gasteiger partial charge < -0.3 is 15.0 Å². The van der Waals surface area contributed by atoms with Crippen LogP contribution in [0, 0.1) is 0 Å². The summed E-state index contributed by atoms with van der Waals surface area (Å²) in [5.41, 5.74) is 0.690. The highest BCUT2D eigenvalue weighted by Gasteiger charge is 2.41. The highest BCUT2D eigenvalue weighted by atomic mass is 127. The summed E-state index contributed by atoms with van der Waals surface area (Å²) in [5.74, 6) is 0.622. The molecule has 1 aromatic rings. The Hall–Kier alpha value is -1.44. The summed E-state index contributed by atoms with van der Waals surface area (Å²) in [4.78, 5) is 7.38. The normalized spacial score (nSPS) is 17.3. The summed E-state index contributed by atoms with van der Waals surface area (Å²) in [7, 11) is 1.57. The minimum Gasteiger partial charge on any atom is -0.484 e. The molecule has 2 rings (SSSR count). The first-order valence-corrected chi connectivity index (χ1v) is 9.04.